The molecule has 0 aromatic heterocycles. The standard InChI is InChI=1S/C24H28N2O5/c1-25(2)13-8-14-26-21(18-15-17(30-3)11-12-19(18)31-4)20(23(28)24(26)29)22(27)16-9-6-5-7-10-16/h5-7,9-12,15,21,27H,8,13-14H2,1-4H3/t21-/m0/s1. The van der Waals surface area contributed by atoms with Gasteiger partial charge in [0.05, 0.1) is 25.8 Å². The van der Waals surface area contributed by atoms with Crippen LogP contribution in [-0.4, -0.2) is 68.0 Å². The molecule has 3 rings (SSSR count). The van der Waals surface area contributed by atoms with Crippen LogP contribution in [0.1, 0.15) is 23.6 Å². The normalized spacial score (nSPS) is 18.0. The lowest BCUT2D eigenvalue weighted by Gasteiger charge is -2.27. The van der Waals surface area contributed by atoms with Crippen molar-refractivity contribution in [1.29, 1.82) is 0 Å². The number of aliphatic hydroxyl groups excluding tert-OH is 1. The van der Waals surface area contributed by atoms with E-state index >= 15 is 0 Å². The predicted molar refractivity (Wildman–Crippen MR) is 118 cm³/mol. The molecule has 1 amide bonds. The van der Waals surface area contributed by atoms with Gasteiger partial charge in [-0.15, -0.1) is 0 Å². The second-order valence-electron chi connectivity index (χ2n) is 7.62. The molecular formula is C24H28N2O5. The summed E-state index contributed by atoms with van der Waals surface area (Å²) in [6, 6.07) is 13.2. The number of Topliss-reactive ketones (excluding diaryl/α,β-unsaturated/α-hetero) is 1. The summed E-state index contributed by atoms with van der Waals surface area (Å²) >= 11 is 0. The maximum atomic E-state index is 13.1. The number of likely N-dealkylation sites (tertiary alicyclic amines) is 1. The molecule has 1 atom stereocenters. The highest BCUT2D eigenvalue weighted by Crippen LogP contribution is 2.43. The van der Waals surface area contributed by atoms with Crippen molar-refractivity contribution in [3.05, 3.63) is 65.2 Å². The summed E-state index contributed by atoms with van der Waals surface area (Å²) in [4.78, 5) is 29.6. The van der Waals surface area contributed by atoms with Crippen molar-refractivity contribution in [3.8, 4) is 11.5 Å². The van der Waals surface area contributed by atoms with Gasteiger partial charge in [-0.3, -0.25) is 9.59 Å². The van der Waals surface area contributed by atoms with E-state index in [1.165, 1.54) is 12.0 Å². The van der Waals surface area contributed by atoms with Gasteiger partial charge in [0, 0.05) is 17.7 Å². The number of rotatable bonds is 8. The fourth-order valence-electron chi connectivity index (χ4n) is 3.80. The lowest BCUT2D eigenvalue weighted by molar-refractivity contribution is -0.140. The SMILES string of the molecule is COc1ccc(OC)c([C@H]2C(=C(O)c3ccccc3)C(=O)C(=O)N2CCCN(C)C)c1. The van der Waals surface area contributed by atoms with Crippen molar-refractivity contribution in [1.82, 2.24) is 9.80 Å². The van der Waals surface area contributed by atoms with Crippen LogP contribution in [0.3, 0.4) is 0 Å². The summed E-state index contributed by atoms with van der Waals surface area (Å²) in [7, 11) is 6.97. The summed E-state index contributed by atoms with van der Waals surface area (Å²) in [6.45, 7) is 1.11. The van der Waals surface area contributed by atoms with Gasteiger partial charge in [0.25, 0.3) is 11.7 Å². The average Bonchev–Trinajstić information content (AvgIpc) is 3.03. The first-order chi connectivity index (χ1) is 14.9. The number of hydrogen-bond acceptors (Lipinski definition) is 6. The van der Waals surface area contributed by atoms with Gasteiger partial charge in [0.2, 0.25) is 0 Å². The summed E-state index contributed by atoms with van der Waals surface area (Å²) in [6.07, 6.45) is 0.675. The first-order valence-electron chi connectivity index (χ1n) is 10.1. The molecule has 1 heterocycles. The number of amides is 1. The van der Waals surface area contributed by atoms with Crippen LogP contribution in [-0.2, 0) is 9.59 Å². The third-order valence-corrected chi connectivity index (χ3v) is 5.32. The topological polar surface area (TPSA) is 79.3 Å². The number of carbonyl (C=O) groups excluding carboxylic acids is 2. The Morgan fingerprint density at radius 2 is 1.77 bits per heavy atom. The number of methoxy groups -OCH3 is 2. The Labute approximate surface area is 182 Å². The van der Waals surface area contributed by atoms with Crippen molar-refractivity contribution >= 4 is 17.4 Å². The van der Waals surface area contributed by atoms with Crippen LogP contribution in [0.15, 0.2) is 54.1 Å². The summed E-state index contributed by atoms with van der Waals surface area (Å²) in [5.74, 6) is -0.477. The average molecular weight is 424 g/mol. The van der Waals surface area contributed by atoms with Crippen molar-refractivity contribution in [2.75, 3.05) is 41.4 Å². The lowest BCUT2D eigenvalue weighted by atomic mass is 9.94. The highest BCUT2D eigenvalue weighted by atomic mass is 16.5. The zero-order chi connectivity index (χ0) is 22.5. The van der Waals surface area contributed by atoms with E-state index in [2.05, 4.69) is 0 Å². The van der Waals surface area contributed by atoms with E-state index in [9.17, 15) is 14.7 Å². The van der Waals surface area contributed by atoms with Crippen LogP contribution >= 0.6 is 0 Å². The lowest BCUT2D eigenvalue weighted by Crippen LogP contribution is -2.32. The molecule has 0 aliphatic carbocycles. The van der Waals surface area contributed by atoms with Crippen LogP contribution in [0.2, 0.25) is 0 Å². The van der Waals surface area contributed by atoms with Gasteiger partial charge in [-0.05, 0) is 45.3 Å². The van der Waals surface area contributed by atoms with E-state index in [4.69, 9.17) is 9.47 Å². The Hall–Kier alpha value is -3.32. The number of benzene rings is 2. The minimum absolute atomic E-state index is 0.0487. The summed E-state index contributed by atoms with van der Waals surface area (Å²) in [5, 5.41) is 11.1. The first kappa shape index (κ1) is 22.4. The molecule has 0 unspecified atom stereocenters. The van der Waals surface area contributed by atoms with Gasteiger partial charge >= 0.3 is 0 Å². The second kappa shape index (κ2) is 9.66. The van der Waals surface area contributed by atoms with Gasteiger partial charge in [0.15, 0.2) is 0 Å². The van der Waals surface area contributed by atoms with E-state index in [0.717, 1.165) is 6.54 Å². The van der Waals surface area contributed by atoms with Gasteiger partial charge in [-0.2, -0.15) is 0 Å². The molecule has 0 radical (unpaired) electrons. The molecule has 1 aliphatic heterocycles. The van der Waals surface area contributed by atoms with Crippen LogP contribution in [0.4, 0.5) is 0 Å². The molecule has 2 aromatic carbocycles. The number of aliphatic hydroxyl groups is 1. The summed E-state index contributed by atoms with van der Waals surface area (Å²) < 4.78 is 10.9. The van der Waals surface area contributed by atoms with E-state index in [1.807, 2.05) is 25.1 Å². The molecule has 1 aliphatic rings. The van der Waals surface area contributed by atoms with Crippen molar-refractivity contribution in [2.24, 2.45) is 0 Å². The van der Waals surface area contributed by atoms with E-state index in [1.54, 1.807) is 49.6 Å². The minimum atomic E-state index is -0.785. The van der Waals surface area contributed by atoms with Gasteiger partial charge in [-0.1, -0.05) is 30.3 Å². The molecule has 1 saturated heterocycles. The third-order valence-electron chi connectivity index (χ3n) is 5.32. The van der Waals surface area contributed by atoms with Crippen molar-refractivity contribution in [2.45, 2.75) is 12.5 Å². The number of carbonyl (C=O) groups is 2. The predicted octanol–water partition coefficient (Wildman–Crippen LogP) is 3.08. The highest BCUT2D eigenvalue weighted by Gasteiger charge is 2.47. The Bertz CT molecular complexity index is 985. The Morgan fingerprint density at radius 1 is 1.06 bits per heavy atom. The van der Waals surface area contributed by atoms with E-state index < -0.39 is 17.7 Å². The Morgan fingerprint density at radius 3 is 2.39 bits per heavy atom. The van der Waals surface area contributed by atoms with E-state index in [0.29, 0.717) is 35.6 Å². The Balaban J connectivity index is 2.18. The quantitative estimate of drug-likeness (QED) is 0.399. The zero-order valence-corrected chi connectivity index (χ0v) is 18.3. The van der Waals surface area contributed by atoms with Gasteiger partial charge in [-0.25, -0.2) is 0 Å². The molecule has 7 nitrogen and oxygen atoms in total. The fourth-order valence-corrected chi connectivity index (χ4v) is 3.80. The second-order valence-corrected chi connectivity index (χ2v) is 7.62. The first-order valence-corrected chi connectivity index (χ1v) is 10.1. The van der Waals surface area contributed by atoms with E-state index in [-0.39, 0.29) is 11.3 Å². The van der Waals surface area contributed by atoms with Crippen LogP contribution in [0.25, 0.3) is 5.76 Å². The monoisotopic (exact) mass is 424 g/mol. The highest BCUT2D eigenvalue weighted by molar-refractivity contribution is 6.46. The summed E-state index contributed by atoms with van der Waals surface area (Å²) in [5.41, 5.74) is 1.11. The number of ketones is 1. The maximum Gasteiger partial charge on any atom is 0.295 e. The van der Waals surface area contributed by atoms with Crippen LogP contribution in [0, 0.1) is 0 Å². The molecule has 7 heteroatoms. The molecule has 0 bridgehead atoms. The molecule has 164 valence electrons. The molecule has 2 aromatic rings. The molecule has 1 N–H and O–H groups in total. The molecular weight excluding hydrogens is 396 g/mol. The largest absolute Gasteiger partial charge is 0.507 e. The van der Waals surface area contributed by atoms with Crippen LogP contribution < -0.4 is 9.47 Å². The number of nitrogens with zero attached hydrogens (tertiary/aromatic N) is 2. The minimum Gasteiger partial charge on any atom is -0.507 e. The molecule has 0 spiro atoms. The third kappa shape index (κ3) is 4.56. The smallest absolute Gasteiger partial charge is 0.295 e. The molecule has 1 fully saturated rings. The van der Waals surface area contributed by atoms with Gasteiger partial charge < -0.3 is 24.4 Å². The molecule has 31 heavy (non-hydrogen) atoms. The van der Waals surface area contributed by atoms with Crippen molar-refractivity contribution in [3.63, 3.8) is 0 Å². The fraction of sp³-hybridized carbons (Fsp3) is 0.333. The Kier molecular flexibility index (Phi) is 6.97. The van der Waals surface area contributed by atoms with Gasteiger partial charge in [0.1, 0.15) is 17.3 Å². The number of hydrogen-bond donors (Lipinski definition) is 1. The zero-order valence-electron chi connectivity index (χ0n) is 18.3. The molecule has 0 saturated carbocycles. The van der Waals surface area contributed by atoms with Crippen LogP contribution in [0.5, 0.6) is 11.5 Å². The van der Waals surface area contributed by atoms with Crippen molar-refractivity contribution < 1.29 is 24.2 Å². The maximum absolute atomic E-state index is 13.1. The number of ether oxygens (including phenoxy) is 2.